The second-order valence-corrected chi connectivity index (χ2v) is 4.87. The van der Waals surface area contributed by atoms with Crippen LogP contribution in [0.3, 0.4) is 0 Å². The average Bonchev–Trinajstić information content (AvgIpc) is 2.84. The fourth-order valence-corrected chi connectivity index (χ4v) is 1.91. The van der Waals surface area contributed by atoms with E-state index in [4.69, 9.17) is 4.52 Å². The summed E-state index contributed by atoms with van der Waals surface area (Å²) in [5.41, 5.74) is 0. The summed E-state index contributed by atoms with van der Waals surface area (Å²) in [4.78, 5) is 14.3. The van der Waals surface area contributed by atoms with Gasteiger partial charge in [0.1, 0.15) is 5.76 Å². The first kappa shape index (κ1) is 16.7. The Morgan fingerprint density at radius 1 is 1.45 bits per heavy atom. The molecule has 6 heteroatoms. The minimum Gasteiger partial charge on any atom is -0.360 e. The number of amides is 1. The molecule has 2 N–H and O–H groups in total. The first-order valence-electron chi connectivity index (χ1n) is 7.26. The zero-order chi connectivity index (χ0) is 15.0. The monoisotopic (exact) mass is 282 g/mol. The maximum Gasteiger partial charge on any atom is 0.242 e. The lowest BCUT2D eigenvalue weighted by molar-refractivity contribution is -0.117. The van der Waals surface area contributed by atoms with E-state index in [1.165, 1.54) is 0 Å². The summed E-state index contributed by atoms with van der Waals surface area (Å²) < 4.78 is 4.90. The van der Waals surface area contributed by atoms with Crippen molar-refractivity contribution >= 4 is 11.7 Å². The molecule has 1 heterocycles. The summed E-state index contributed by atoms with van der Waals surface area (Å²) in [7, 11) is 0. The number of nitrogens with zero attached hydrogens (tertiary/aromatic N) is 2. The van der Waals surface area contributed by atoms with Crippen molar-refractivity contribution in [1.82, 2.24) is 15.4 Å². The molecule has 1 aromatic heterocycles. The van der Waals surface area contributed by atoms with Gasteiger partial charge in [0.15, 0.2) is 5.82 Å². The Kier molecular flexibility index (Phi) is 7.25. The van der Waals surface area contributed by atoms with Gasteiger partial charge in [-0.3, -0.25) is 4.79 Å². The van der Waals surface area contributed by atoms with Crippen molar-refractivity contribution in [3.05, 3.63) is 11.8 Å². The summed E-state index contributed by atoms with van der Waals surface area (Å²) >= 11 is 0. The third-order valence-electron chi connectivity index (χ3n) is 3.27. The van der Waals surface area contributed by atoms with Gasteiger partial charge in [-0.15, -0.1) is 0 Å². The molecule has 0 radical (unpaired) electrons. The van der Waals surface area contributed by atoms with Gasteiger partial charge >= 0.3 is 0 Å². The van der Waals surface area contributed by atoms with E-state index in [0.717, 1.165) is 32.6 Å². The highest BCUT2D eigenvalue weighted by molar-refractivity contribution is 5.93. The van der Waals surface area contributed by atoms with Crippen LogP contribution in [0.4, 0.5) is 5.82 Å². The van der Waals surface area contributed by atoms with Gasteiger partial charge < -0.3 is 20.1 Å². The third kappa shape index (κ3) is 5.71. The van der Waals surface area contributed by atoms with Crippen LogP contribution < -0.4 is 10.6 Å². The molecule has 1 aromatic rings. The van der Waals surface area contributed by atoms with Crippen LogP contribution >= 0.6 is 0 Å². The molecule has 0 bridgehead atoms. The molecular formula is C14H26N4O2. The topological polar surface area (TPSA) is 70.4 Å². The van der Waals surface area contributed by atoms with Crippen LogP contribution in [0.15, 0.2) is 10.6 Å². The highest BCUT2D eigenvalue weighted by Crippen LogP contribution is 2.07. The molecule has 1 unspecified atom stereocenters. The number of hydrogen-bond donors (Lipinski definition) is 2. The van der Waals surface area contributed by atoms with Gasteiger partial charge in [-0.05, 0) is 46.4 Å². The molecule has 0 aliphatic rings. The van der Waals surface area contributed by atoms with Crippen LogP contribution in [0.5, 0.6) is 0 Å². The van der Waals surface area contributed by atoms with E-state index in [-0.39, 0.29) is 11.9 Å². The van der Waals surface area contributed by atoms with Crippen molar-refractivity contribution < 1.29 is 9.32 Å². The number of carbonyl (C=O) groups excluding carboxylic acids is 1. The third-order valence-corrected chi connectivity index (χ3v) is 3.27. The lowest BCUT2D eigenvalue weighted by Crippen LogP contribution is -2.39. The lowest BCUT2D eigenvalue weighted by Gasteiger charge is -2.18. The van der Waals surface area contributed by atoms with Crippen molar-refractivity contribution in [2.75, 3.05) is 31.5 Å². The largest absolute Gasteiger partial charge is 0.360 e. The quantitative estimate of drug-likeness (QED) is 0.674. The van der Waals surface area contributed by atoms with E-state index in [9.17, 15) is 4.79 Å². The summed E-state index contributed by atoms with van der Waals surface area (Å²) in [5, 5.41) is 9.67. The van der Waals surface area contributed by atoms with Gasteiger partial charge in [0.2, 0.25) is 5.91 Å². The summed E-state index contributed by atoms with van der Waals surface area (Å²) in [5.74, 6) is 1.05. The zero-order valence-corrected chi connectivity index (χ0v) is 12.9. The van der Waals surface area contributed by atoms with Gasteiger partial charge in [-0.25, -0.2) is 0 Å². The molecule has 1 amide bonds. The summed E-state index contributed by atoms with van der Waals surface area (Å²) in [6.45, 7) is 12.0. The van der Waals surface area contributed by atoms with Gasteiger partial charge in [-0.1, -0.05) is 19.0 Å². The van der Waals surface area contributed by atoms with Gasteiger partial charge in [0.05, 0.1) is 6.04 Å². The van der Waals surface area contributed by atoms with Crippen LogP contribution in [0.1, 0.15) is 33.0 Å². The normalized spacial score (nSPS) is 12.7. The van der Waals surface area contributed by atoms with Gasteiger partial charge in [0, 0.05) is 6.07 Å². The van der Waals surface area contributed by atoms with Crippen LogP contribution in [-0.2, 0) is 4.79 Å². The molecule has 0 aliphatic carbocycles. The second-order valence-electron chi connectivity index (χ2n) is 4.87. The van der Waals surface area contributed by atoms with E-state index in [0.29, 0.717) is 11.6 Å². The molecule has 114 valence electrons. The highest BCUT2D eigenvalue weighted by Gasteiger charge is 2.13. The molecule has 20 heavy (non-hydrogen) atoms. The Labute approximate surface area is 120 Å². The van der Waals surface area contributed by atoms with Crippen molar-refractivity contribution in [3.8, 4) is 0 Å². The summed E-state index contributed by atoms with van der Waals surface area (Å²) in [6, 6.07) is 1.45. The molecule has 1 rings (SSSR count). The predicted molar refractivity (Wildman–Crippen MR) is 79.7 cm³/mol. The van der Waals surface area contributed by atoms with Crippen molar-refractivity contribution in [2.45, 2.75) is 40.2 Å². The number of aromatic nitrogens is 1. The molecule has 0 aliphatic heterocycles. The molecule has 0 aromatic carbocycles. The number of nitrogens with one attached hydrogen (secondary N) is 2. The minimum absolute atomic E-state index is 0.0962. The van der Waals surface area contributed by atoms with Crippen molar-refractivity contribution in [1.29, 1.82) is 0 Å². The van der Waals surface area contributed by atoms with E-state index in [1.54, 1.807) is 13.0 Å². The summed E-state index contributed by atoms with van der Waals surface area (Å²) in [6.07, 6.45) is 1.03. The Bertz CT molecular complexity index is 402. The lowest BCUT2D eigenvalue weighted by atomic mass is 10.3. The van der Waals surface area contributed by atoms with E-state index in [1.807, 2.05) is 6.92 Å². The predicted octanol–water partition coefficient (Wildman–Crippen LogP) is 1.63. The standard InChI is InChI=1S/C14H26N4O2/c1-5-18(6-2)9-7-8-15-12(4)14(19)16-13-10-11(3)20-17-13/h10,12,15H,5-9H2,1-4H3,(H,16,17,19). The van der Waals surface area contributed by atoms with E-state index >= 15 is 0 Å². The molecular weight excluding hydrogens is 256 g/mol. The Morgan fingerprint density at radius 2 is 2.15 bits per heavy atom. The molecule has 0 fully saturated rings. The first-order valence-corrected chi connectivity index (χ1v) is 7.26. The number of carbonyl (C=O) groups is 1. The fraction of sp³-hybridized carbons (Fsp3) is 0.714. The SMILES string of the molecule is CCN(CC)CCCNC(C)C(=O)Nc1cc(C)on1. The zero-order valence-electron chi connectivity index (χ0n) is 12.9. The second kappa shape index (κ2) is 8.71. The fourth-order valence-electron chi connectivity index (χ4n) is 1.91. The highest BCUT2D eigenvalue weighted by atomic mass is 16.5. The Hall–Kier alpha value is -1.40. The molecule has 0 spiro atoms. The smallest absolute Gasteiger partial charge is 0.242 e. The molecule has 1 atom stereocenters. The maximum absolute atomic E-state index is 11.9. The van der Waals surface area contributed by atoms with E-state index in [2.05, 4.69) is 34.5 Å². The van der Waals surface area contributed by atoms with Crippen molar-refractivity contribution in [2.24, 2.45) is 0 Å². The van der Waals surface area contributed by atoms with Crippen LogP contribution in [0, 0.1) is 6.92 Å². The molecule has 6 nitrogen and oxygen atoms in total. The Morgan fingerprint density at radius 3 is 2.70 bits per heavy atom. The van der Waals surface area contributed by atoms with E-state index < -0.39 is 0 Å². The van der Waals surface area contributed by atoms with Gasteiger partial charge in [0.25, 0.3) is 0 Å². The molecule has 0 saturated carbocycles. The number of hydrogen-bond acceptors (Lipinski definition) is 5. The van der Waals surface area contributed by atoms with Crippen LogP contribution in [-0.4, -0.2) is 48.2 Å². The maximum atomic E-state index is 11.9. The first-order chi connectivity index (χ1) is 9.56. The number of rotatable bonds is 9. The number of anilines is 1. The van der Waals surface area contributed by atoms with Crippen LogP contribution in [0.2, 0.25) is 0 Å². The molecule has 0 saturated heterocycles. The Balaban J connectivity index is 2.21. The number of aryl methyl sites for hydroxylation is 1. The van der Waals surface area contributed by atoms with Crippen LogP contribution in [0.25, 0.3) is 0 Å². The van der Waals surface area contributed by atoms with Crippen molar-refractivity contribution in [3.63, 3.8) is 0 Å². The van der Waals surface area contributed by atoms with Gasteiger partial charge in [-0.2, -0.15) is 0 Å². The minimum atomic E-state index is -0.247. The average molecular weight is 282 g/mol.